The Morgan fingerprint density at radius 1 is 1.47 bits per heavy atom. The average Bonchev–Trinajstić information content (AvgIpc) is 2.84. The third-order valence-corrected chi connectivity index (χ3v) is 4.44. The number of hydrogen-bond acceptors (Lipinski definition) is 2. The summed E-state index contributed by atoms with van der Waals surface area (Å²) in [5.74, 6) is 0. The van der Waals surface area contributed by atoms with Crippen LogP contribution in [0, 0.1) is 5.41 Å². The third kappa shape index (κ3) is 2.99. The highest BCUT2D eigenvalue weighted by Crippen LogP contribution is 2.40. The number of nitrogens with one attached hydrogen (secondary N) is 1. The smallest absolute Gasteiger partial charge is 0.0715 e. The zero-order valence-corrected chi connectivity index (χ0v) is 11.4. The molecule has 1 N–H and O–H groups in total. The van der Waals surface area contributed by atoms with Crippen LogP contribution >= 0.6 is 0 Å². The van der Waals surface area contributed by atoms with Crippen molar-refractivity contribution in [2.24, 2.45) is 5.41 Å². The SMILES string of the molecule is CCC1(C)CC(CO[C@@H]2CCNC2)=CC=C1C. The van der Waals surface area contributed by atoms with E-state index in [9.17, 15) is 0 Å². The van der Waals surface area contributed by atoms with Crippen LogP contribution in [0.2, 0.25) is 0 Å². The van der Waals surface area contributed by atoms with Crippen LogP contribution in [0.4, 0.5) is 0 Å². The van der Waals surface area contributed by atoms with Crippen LogP contribution < -0.4 is 5.32 Å². The average molecular weight is 235 g/mol. The van der Waals surface area contributed by atoms with Gasteiger partial charge in [0.15, 0.2) is 0 Å². The second-order valence-corrected chi connectivity index (χ2v) is 5.69. The van der Waals surface area contributed by atoms with Gasteiger partial charge in [0.2, 0.25) is 0 Å². The lowest BCUT2D eigenvalue weighted by atomic mass is 9.73. The number of allylic oxidation sites excluding steroid dienone is 3. The highest BCUT2D eigenvalue weighted by atomic mass is 16.5. The quantitative estimate of drug-likeness (QED) is 0.808. The van der Waals surface area contributed by atoms with Crippen LogP contribution in [-0.2, 0) is 4.74 Å². The zero-order chi connectivity index (χ0) is 12.3. The van der Waals surface area contributed by atoms with E-state index in [0.29, 0.717) is 11.5 Å². The van der Waals surface area contributed by atoms with Gasteiger partial charge in [0, 0.05) is 6.54 Å². The van der Waals surface area contributed by atoms with Gasteiger partial charge in [-0.2, -0.15) is 0 Å². The van der Waals surface area contributed by atoms with E-state index in [1.54, 1.807) is 0 Å². The van der Waals surface area contributed by atoms with E-state index in [-0.39, 0.29) is 0 Å². The fraction of sp³-hybridized carbons (Fsp3) is 0.733. The van der Waals surface area contributed by atoms with Crippen LogP contribution in [0.3, 0.4) is 0 Å². The largest absolute Gasteiger partial charge is 0.373 e. The molecule has 0 saturated carbocycles. The van der Waals surface area contributed by atoms with E-state index in [1.165, 1.54) is 17.6 Å². The molecule has 2 rings (SSSR count). The summed E-state index contributed by atoms with van der Waals surface area (Å²) >= 11 is 0. The Kier molecular flexibility index (Phi) is 4.05. The first-order valence-electron chi connectivity index (χ1n) is 6.83. The molecule has 0 aromatic carbocycles. The predicted octanol–water partition coefficient (Wildman–Crippen LogP) is 3.06. The van der Waals surface area contributed by atoms with Gasteiger partial charge in [0.25, 0.3) is 0 Å². The molecule has 1 heterocycles. The molecule has 1 saturated heterocycles. The molecule has 0 aromatic rings. The van der Waals surface area contributed by atoms with Crippen molar-refractivity contribution < 1.29 is 4.74 Å². The fourth-order valence-electron chi connectivity index (χ4n) is 2.64. The lowest BCUT2D eigenvalue weighted by Gasteiger charge is -2.33. The first-order chi connectivity index (χ1) is 8.14. The van der Waals surface area contributed by atoms with E-state index in [0.717, 1.165) is 32.5 Å². The Hall–Kier alpha value is -0.600. The molecule has 0 bridgehead atoms. The van der Waals surface area contributed by atoms with E-state index < -0.39 is 0 Å². The molecule has 0 spiro atoms. The van der Waals surface area contributed by atoms with E-state index >= 15 is 0 Å². The molecule has 2 atom stereocenters. The van der Waals surface area contributed by atoms with Gasteiger partial charge in [0.05, 0.1) is 12.7 Å². The molecule has 1 aliphatic heterocycles. The fourth-order valence-corrected chi connectivity index (χ4v) is 2.64. The van der Waals surface area contributed by atoms with Gasteiger partial charge < -0.3 is 10.1 Å². The highest BCUT2D eigenvalue weighted by molar-refractivity contribution is 5.29. The lowest BCUT2D eigenvalue weighted by molar-refractivity contribution is 0.0805. The van der Waals surface area contributed by atoms with Crippen LogP contribution in [0.25, 0.3) is 0 Å². The Bertz CT molecular complexity index is 326. The normalized spacial score (nSPS) is 33.5. The zero-order valence-electron chi connectivity index (χ0n) is 11.4. The van der Waals surface area contributed by atoms with E-state index in [2.05, 4.69) is 38.2 Å². The van der Waals surface area contributed by atoms with E-state index in [4.69, 9.17) is 4.74 Å². The summed E-state index contributed by atoms with van der Waals surface area (Å²) in [6.07, 6.45) is 8.49. The maximum Gasteiger partial charge on any atom is 0.0715 e. The van der Waals surface area contributed by atoms with Crippen LogP contribution in [-0.4, -0.2) is 25.8 Å². The molecule has 1 aliphatic carbocycles. The van der Waals surface area contributed by atoms with Gasteiger partial charge in [-0.3, -0.25) is 0 Å². The third-order valence-electron chi connectivity index (χ3n) is 4.44. The van der Waals surface area contributed by atoms with Crippen molar-refractivity contribution in [3.05, 3.63) is 23.3 Å². The minimum Gasteiger partial charge on any atom is -0.373 e. The van der Waals surface area contributed by atoms with Crippen molar-refractivity contribution in [3.8, 4) is 0 Å². The molecule has 0 radical (unpaired) electrons. The maximum absolute atomic E-state index is 5.96. The Morgan fingerprint density at radius 3 is 2.94 bits per heavy atom. The van der Waals surface area contributed by atoms with Gasteiger partial charge >= 0.3 is 0 Å². The molecule has 0 amide bonds. The topological polar surface area (TPSA) is 21.3 Å². The van der Waals surface area contributed by atoms with Gasteiger partial charge in [-0.05, 0) is 43.7 Å². The van der Waals surface area contributed by atoms with Crippen molar-refractivity contribution in [1.29, 1.82) is 0 Å². The molecule has 2 aliphatic rings. The predicted molar refractivity (Wildman–Crippen MR) is 72.1 cm³/mol. The van der Waals surface area contributed by atoms with Gasteiger partial charge in [-0.15, -0.1) is 0 Å². The molecule has 2 nitrogen and oxygen atoms in total. The van der Waals surface area contributed by atoms with Crippen LogP contribution in [0.1, 0.15) is 40.0 Å². The minimum absolute atomic E-state index is 0.349. The number of ether oxygens (including phenoxy) is 1. The molecule has 17 heavy (non-hydrogen) atoms. The summed E-state index contributed by atoms with van der Waals surface area (Å²) in [4.78, 5) is 0. The Balaban J connectivity index is 1.89. The van der Waals surface area contributed by atoms with E-state index in [1.807, 2.05) is 0 Å². The minimum atomic E-state index is 0.349. The molecular weight excluding hydrogens is 210 g/mol. The summed E-state index contributed by atoms with van der Waals surface area (Å²) in [6.45, 7) is 9.83. The van der Waals surface area contributed by atoms with Crippen LogP contribution in [0.15, 0.2) is 23.3 Å². The van der Waals surface area contributed by atoms with Gasteiger partial charge in [-0.1, -0.05) is 31.6 Å². The molecule has 0 aromatic heterocycles. The molecule has 1 unspecified atom stereocenters. The van der Waals surface area contributed by atoms with Crippen molar-refractivity contribution in [2.45, 2.75) is 46.1 Å². The molecule has 1 fully saturated rings. The molecule has 96 valence electrons. The summed E-state index contributed by atoms with van der Waals surface area (Å²) in [7, 11) is 0. The van der Waals surface area contributed by atoms with Gasteiger partial charge in [-0.25, -0.2) is 0 Å². The van der Waals surface area contributed by atoms with Crippen molar-refractivity contribution >= 4 is 0 Å². The first kappa shape index (κ1) is 12.8. The summed E-state index contributed by atoms with van der Waals surface area (Å²) in [5.41, 5.74) is 3.31. The standard InChI is InChI=1S/C15H25NO/c1-4-15(3)9-13(6-5-12(15)2)11-17-14-7-8-16-10-14/h5-6,14,16H,4,7-11H2,1-3H3/t14-,15?/m1/s1. The lowest BCUT2D eigenvalue weighted by Crippen LogP contribution is -2.23. The second kappa shape index (κ2) is 5.36. The summed E-state index contributed by atoms with van der Waals surface area (Å²) in [5, 5.41) is 3.34. The van der Waals surface area contributed by atoms with Gasteiger partial charge in [0.1, 0.15) is 0 Å². The first-order valence-corrected chi connectivity index (χ1v) is 6.83. The summed E-state index contributed by atoms with van der Waals surface area (Å²) in [6, 6.07) is 0. The van der Waals surface area contributed by atoms with Crippen molar-refractivity contribution in [3.63, 3.8) is 0 Å². The van der Waals surface area contributed by atoms with Crippen LogP contribution in [0.5, 0.6) is 0 Å². The van der Waals surface area contributed by atoms with Crippen molar-refractivity contribution in [1.82, 2.24) is 5.32 Å². The number of hydrogen-bond donors (Lipinski definition) is 1. The highest BCUT2D eigenvalue weighted by Gasteiger charge is 2.28. The number of rotatable bonds is 4. The Morgan fingerprint density at radius 2 is 2.29 bits per heavy atom. The maximum atomic E-state index is 5.96. The molecule has 2 heteroatoms. The summed E-state index contributed by atoms with van der Waals surface area (Å²) < 4.78 is 5.96. The molecular formula is C15H25NO. The Labute approximate surface area is 105 Å². The second-order valence-electron chi connectivity index (χ2n) is 5.69. The van der Waals surface area contributed by atoms with Crippen molar-refractivity contribution in [2.75, 3.05) is 19.7 Å². The monoisotopic (exact) mass is 235 g/mol.